The number of terminal acetylenes is 1. The van der Waals surface area contributed by atoms with E-state index in [0.717, 1.165) is 0 Å². The van der Waals surface area contributed by atoms with Gasteiger partial charge in [-0.3, -0.25) is 4.79 Å². The highest BCUT2D eigenvalue weighted by Gasteiger charge is 2.40. The number of Topliss-reactive ketones (excluding diaryl/α,β-unsaturated/α-hetero) is 1. The van der Waals surface area contributed by atoms with Crippen LogP contribution in [0, 0.1) is 24.2 Å². The predicted molar refractivity (Wildman–Crippen MR) is 51.1 cm³/mol. The lowest BCUT2D eigenvalue weighted by molar-refractivity contribution is -0.124. The van der Waals surface area contributed by atoms with E-state index in [-0.39, 0.29) is 36.2 Å². The fourth-order valence-corrected chi connectivity index (χ4v) is 2.04. The zero-order chi connectivity index (χ0) is 10.0. The summed E-state index contributed by atoms with van der Waals surface area (Å²) in [6, 6.07) is 0. The Hall–Kier alpha value is -0.810. The standard InChI is InChI=1S/C11H16O2/c1-5-6-10(12)11-7(2)8(3)13-9(11)4/h1,7-9,11H,6H2,2-4H3. The van der Waals surface area contributed by atoms with Gasteiger partial charge in [-0.15, -0.1) is 6.42 Å². The second-order valence-electron chi connectivity index (χ2n) is 3.78. The molecule has 1 fully saturated rings. The van der Waals surface area contributed by atoms with Gasteiger partial charge in [-0.05, 0) is 19.8 Å². The smallest absolute Gasteiger partial charge is 0.150 e. The summed E-state index contributed by atoms with van der Waals surface area (Å²) in [6.45, 7) is 6.00. The Kier molecular flexibility index (Phi) is 3.11. The number of hydrogen-bond donors (Lipinski definition) is 0. The van der Waals surface area contributed by atoms with E-state index >= 15 is 0 Å². The van der Waals surface area contributed by atoms with E-state index in [1.54, 1.807) is 0 Å². The van der Waals surface area contributed by atoms with Gasteiger partial charge in [0.1, 0.15) is 0 Å². The number of carbonyl (C=O) groups is 1. The van der Waals surface area contributed by atoms with Crippen LogP contribution in [-0.4, -0.2) is 18.0 Å². The van der Waals surface area contributed by atoms with Gasteiger partial charge in [0, 0.05) is 5.92 Å². The summed E-state index contributed by atoms with van der Waals surface area (Å²) in [5.41, 5.74) is 0. The van der Waals surface area contributed by atoms with Crippen LogP contribution in [0.4, 0.5) is 0 Å². The average molecular weight is 180 g/mol. The Morgan fingerprint density at radius 2 is 2.00 bits per heavy atom. The summed E-state index contributed by atoms with van der Waals surface area (Å²) >= 11 is 0. The topological polar surface area (TPSA) is 26.3 Å². The molecule has 0 radical (unpaired) electrons. The molecule has 72 valence electrons. The van der Waals surface area contributed by atoms with E-state index in [1.165, 1.54) is 0 Å². The van der Waals surface area contributed by atoms with Crippen LogP contribution in [-0.2, 0) is 9.53 Å². The van der Waals surface area contributed by atoms with Gasteiger partial charge in [-0.25, -0.2) is 0 Å². The Labute approximate surface area is 79.7 Å². The molecule has 0 amide bonds. The van der Waals surface area contributed by atoms with E-state index in [1.807, 2.05) is 20.8 Å². The van der Waals surface area contributed by atoms with Crippen LogP contribution < -0.4 is 0 Å². The van der Waals surface area contributed by atoms with Crippen molar-refractivity contribution in [3.05, 3.63) is 0 Å². The van der Waals surface area contributed by atoms with Crippen LogP contribution in [0.15, 0.2) is 0 Å². The van der Waals surface area contributed by atoms with Gasteiger partial charge < -0.3 is 4.74 Å². The molecule has 0 bridgehead atoms. The molecule has 4 unspecified atom stereocenters. The van der Waals surface area contributed by atoms with Gasteiger partial charge in [-0.2, -0.15) is 0 Å². The average Bonchev–Trinajstić information content (AvgIpc) is 2.27. The maximum Gasteiger partial charge on any atom is 0.150 e. The fraction of sp³-hybridized carbons (Fsp3) is 0.727. The third-order valence-corrected chi connectivity index (χ3v) is 2.89. The van der Waals surface area contributed by atoms with Gasteiger partial charge in [0.15, 0.2) is 5.78 Å². The van der Waals surface area contributed by atoms with E-state index in [0.29, 0.717) is 0 Å². The van der Waals surface area contributed by atoms with Crippen LogP contribution in [0.5, 0.6) is 0 Å². The van der Waals surface area contributed by atoms with Gasteiger partial charge in [0.2, 0.25) is 0 Å². The Morgan fingerprint density at radius 1 is 1.38 bits per heavy atom. The van der Waals surface area contributed by atoms with Crippen molar-refractivity contribution in [1.82, 2.24) is 0 Å². The normalized spacial score (nSPS) is 38.6. The number of ether oxygens (including phenoxy) is 1. The third-order valence-electron chi connectivity index (χ3n) is 2.89. The molecule has 0 aliphatic carbocycles. The number of hydrogen-bond acceptors (Lipinski definition) is 2. The molecule has 13 heavy (non-hydrogen) atoms. The van der Waals surface area contributed by atoms with Crippen molar-refractivity contribution in [3.63, 3.8) is 0 Å². The zero-order valence-electron chi connectivity index (χ0n) is 8.41. The van der Waals surface area contributed by atoms with Crippen LogP contribution >= 0.6 is 0 Å². The minimum atomic E-state index is -0.00829. The minimum Gasteiger partial charge on any atom is -0.375 e. The maximum absolute atomic E-state index is 11.6. The number of ketones is 1. The monoisotopic (exact) mass is 180 g/mol. The molecule has 2 nitrogen and oxygen atoms in total. The highest BCUT2D eigenvalue weighted by Crippen LogP contribution is 2.33. The van der Waals surface area contributed by atoms with Gasteiger partial charge >= 0.3 is 0 Å². The summed E-state index contributed by atoms with van der Waals surface area (Å²) in [5.74, 6) is 2.82. The second-order valence-corrected chi connectivity index (χ2v) is 3.78. The summed E-state index contributed by atoms with van der Waals surface area (Å²) < 4.78 is 5.56. The minimum absolute atomic E-state index is 0.00829. The quantitative estimate of drug-likeness (QED) is 0.604. The van der Waals surface area contributed by atoms with Crippen molar-refractivity contribution < 1.29 is 9.53 Å². The highest BCUT2D eigenvalue weighted by atomic mass is 16.5. The zero-order valence-corrected chi connectivity index (χ0v) is 8.41. The first kappa shape index (κ1) is 10.3. The second kappa shape index (κ2) is 3.93. The van der Waals surface area contributed by atoms with Gasteiger partial charge in [0.05, 0.1) is 18.6 Å². The van der Waals surface area contributed by atoms with Gasteiger partial charge in [-0.1, -0.05) is 12.8 Å². The molecule has 4 atom stereocenters. The molecule has 1 saturated heterocycles. The van der Waals surface area contributed by atoms with Crippen molar-refractivity contribution in [2.45, 2.75) is 39.4 Å². The van der Waals surface area contributed by atoms with Crippen LogP contribution in [0.25, 0.3) is 0 Å². The number of rotatable bonds is 2. The molecular weight excluding hydrogens is 164 g/mol. The van der Waals surface area contributed by atoms with Crippen LogP contribution in [0.2, 0.25) is 0 Å². The molecule has 1 heterocycles. The first-order chi connectivity index (χ1) is 6.07. The first-order valence-corrected chi connectivity index (χ1v) is 4.69. The molecule has 2 heteroatoms. The Bertz CT molecular complexity index is 239. The van der Waals surface area contributed by atoms with Gasteiger partial charge in [0.25, 0.3) is 0 Å². The largest absolute Gasteiger partial charge is 0.375 e. The van der Waals surface area contributed by atoms with Crippen molar-refractivity contribution >= 4 is 5.78 Å². The van der Waals surface area contributed by atoms with Crippen molar-refractivity contribution in [1.29, 1.82) is 0 Å². The molecule has 0 aromatic heterocycles. The van der Waals surface area contributed by atoms with E-state index < -0.39 is 0 Å². The fourth-order valence-electron chi connectivity index (χ4n) is 2.04. The molecule has 0 N–H and O–H groups in total. The predicted octanol–water partition coefficient (Wildman–Crippen LogP) is 1.64. The van der Waals surface area contributed by atoms with E-state index in [4.69, 9.17) is 11.2 Å². The van der Waals surface area contributed by atoms with Crippen molar-refractivity contribution in [3.8, 4) is 12.3 Å². The van der Waals surface area contributed by atoms with Crippen LogP contribution in [0.1, 0.15) is 27.2 Å². The van der Waals surface area contributed by atoms with Crippen molar-refractivity contribution in [2.24, 2.45) is 11.8 Å². The summed E-state index contributed by atoms with van der Waals surface area (Å²) in [5, 5.41) is 0. The molecule has 0 aromatic rings. The molecule has 0 aromatic carbocycles. The third kappa shape index (κ3) is 1.92. The Balaban J connectivity index is 2.69. The first-order valence-electron chi connectivity index (χ1n) is 4.69. The molecule has 0 saturated carbocycles. The van der Waals surface area contributed by atoms with E-state index in [2.05, 4.69) is 5.92 Å². The molecule has 1 aliphatic heterocycles. The highest BCUT2D eigenvalue weighted by molar-refractivity contribution is 5.84. The molecular formula is C11H16O2. The lowest BCUT2D eigenvalue weighted by atomic mass is 9.85. The summed E-state index contributed by atoms with van der Waals surface area (Å²) in [7, 11) is 0. The molecule has 0 spiro atoms. The summed E-state index contributed by atoms with van der Waals surface area (Å²) in [6.07, 6.45) is 5.53. The van der Waals surface area contributed by atoms with Crippen LogP contribution in [0.3, 0.4) is 0 Å². The van der Waals surface area contributed by atoms with Crippen molar-refractivity contribution in [2.75, 3.05) is 0 Å². The lowest BCUT2D eigenvalue weighted by Gasteiger charge is -2.15. The number of carbonyl (C=O) groups excluding carboxylic acids is 1. The van der Waals surface area contributed by atoms with E-state index in [9.17, 15) is 4.79 Å². The lowest BCUT2D eigenvalue weighted by Crippen LogP contribution is -2.26. The Morgan fingerprint density at radius 3 is 2.38 bits per heavy atom. The SMILES string of the molecule is C#CCC(=O)C1C(C)OC(C)C1C. The summed E-state index contributed by atoms with van der Waals surface area (Å²) in [4.78, 5) is 11.6. The maximum atomic E-state index is 11.6. The molecule has 1 rings (SSSR count). The molecule has 1 aliphatic rings.